The molecule has 2 rings (SSSR count). The number of piperazine rings is 1. The predicted octanol–water partition coefficient (Wildman–Crippen LogP) is 0.692. The lowest BCUT2D eigenvalue weighted by Gasteiger charge is -2.31. The third-order valence-corrected chi connectivity index (χ3v) is 2.47. The molecule has 1 aromatic rings. The lowest BCUT2D eigenvalue weighted by molar-refractivity contribution is 0.199. The summed E-state index contributed by atoms with van der Waals surface area (Å²) in [6, 6.07) is 0.591. The van der Waals surface area contributed by atoms with Crippen LogP contribution in [0.15, 0.2) is 18.7 Å². The highest BCUT2D eigenvalue weighted by atomic mass is 35.5. The average molecular weight is 229 g/mol. The van der Waals surface area contributed by atoms with Crippen LogP contribution in [0.1, 0.15) is 12.5 Å². The fraction of sp³-hybridized carbons (Fsp3) is 0.600. The number of aromatic nitrogens is 2. The van der Waals surface area contributed by atoms with Gasteiger partial charge in [-0.2, -0.15) is 0 Å². The Morgan fingerprint density at radius 3 is 2.87 bits per heavy atom. The van der Waals surface area contributed by atoms with Gasteiger partial charge in [-0.15, -0.1) is 12.4 Å². The molecule has 0 saturated carbocycles. The van der Waals surface area contributed by atoms with Crippen LogP contribution in [-0.4, -0.2) is 40.5 Å². The maximum absolute atomic E-state index is 4.02. The molecule has 4 nitrogen and oxygen atoms in total. The average Bonchev–Trinajstić information content (AvgIpc) is 2.19. The summed E-state index contributed by atoms with van der Waals surface area (Å²) in [5.41, 5.74) is 1.20. The Balaban J connectivity index is 0.00000112. The SMILES string of the molecule is C[C@H]1CN(Cc2cncnc2)CCN1.Cl. The van der Waals surface area contributed by atoms with E-state index in [1.54, 1.807) is 6.33 Å². The molecule has 84 valence electrons. The first-order valence-electron chi connectivity index (χ1n) is 5.04. The van der Waals surface area contributed by atoms with Crippen molar-refractivity contribution in [3.8, 4) is 0 Å². The maximum Gasteiger partial charge on any atom is 0.115 e. The number of nitrogens with one attached hydrogen (secondary N) is 1. The first kappa shape index (κ1) is 12.4. The van der Waals surface area contributed by atoms with Gasteiger partial charge in [0, 0.05) is 50.2 Å². The molecule has 1 fully saturated rings. The van der Waals surface area contributed by atoms with Crippen LogP contribution in [0.2, 0.25) is 0 Å². The largest absolute Gasteiger partial charge is 0.312 e. The van der Waals surface area contributed by atoms with E-state index < -0.39 is 0 Å². The second kappa shape index (κ2) is 6.00. The Morgan fingerprint density at radius 1 is 1.47 bits per heavy atom. The number of halogens is 1. The maximum atomic E-state index is 4.02. The van der Waals surface area contributed by atoms with Crippen molar-refractivity contribution in [3.63, 3.8) is 0 Å². The van der Waals surface area contributed by atoms with Crippen LogP contribution in [0.3, 0.4) is 0 Å². The predicted molar refractivity (Wildman–Crippen MR) is 62.0 cm³/mol. The van der Waals surface area contributed by atoms with Crippen LogP contribution >= 0.6 is 12.4 Å². The van der Waals surface area contributed by atoms with Gasteiger partial charge in [-0.3, -0.25) is 4.90 Å². The molecule has 1 aromatic heterocycles. The van der Waals surface area contributed by atoms with Crippen LogP contribution in [0, 0.1) is 0 Å². The van der Waals surface area contributed by atoms with E-state index >= 15 is 0 Å². The van der Waals surface area contributed by atoms with Gasteiger partial charge in [0.2, 0.25) is 0 Å². The normalized spacial score (nSPS) is 22.1. The smallest absolute Gasteiger partial charge is 0.115 e. The minimum Gasteiger partial charge on any atom is -0.312 e. The van der Waals surface area contributed by atoms with Crippen molar-refractivity contribution >= 4 is 12.4 Å². The lowest BCUT2D eigenvalue weighted by atomic mass is 10.2. The molecule has 5 heteroatoms. The molecule has 0 bridgehead atoms. The van der Waals surface area contributed by atoms with Gasteiger partial charge in [0.1, 0.15) is 6.33 Å². The van der Waals surface area contributed by atoms with Crippen molar-refractivity contribution < 1.29 is 0 Å². The number of hydrogen-bond donors (Lipinski definition) is 1. The van der Waals surface area contributed by atoms with Crippen LogP contribution in [-0.2, 0) is 6.54 Å². The molecule has 0 radical (unpaired) electrons. The van der Waals surface area contributed by atoms with Crippen LogP contribution < -0.4 is 5.32 Å². The summed E-state index contributed by atoms with van der Waals surface area (Å²) in [4.78, 5) is 10.5. The summed E-state index contributed by atoms with van der Waals surface area (Å²) in [5, 5.41) is 3.42. The standard InChI is InChI=1S/C10H16N4.ClH/c1-9-6-14(3-2-13-9)7-10-4-11-8-12-5-10;/h4-5,8-9,13H,2-3,6-7H2,1H3;1H/t9-;/m0./s1. The molecule has 1 atom stereocenters. The third kappa shape index (κ3) is 3.74. The summed E-state index contributed by atoms with van der Waals surface area (Å²) < 4.78 is 0. The van der Waals surface area contributed by atoms with Gasteiger partial charge in [0.15, 0.2) is 0 Å². The van der Waals surface area contributed by atoms with Gasteiger partial charge < -0.3 is 5.32 Å². The minimum atomic E-state index is 0. The van der Waals surface area contributed by atoms with Crippen molar-refractivity contribution in [1.82, 2.24) is 20.2 Å². The summed E-state index contributed by atoms with van der Waals surface area (Å²) >= 11 is 0. The van der Waals surface area contributed by atoms with E-state index in [0.717, 1.165) is 26.2 Å². The van der Waals surface area contributed by atoms with Gasteiger partial charge in [-0.25, -0.2) is 9.97 Å². The Bertz CT molecular complexity index is 280. The Kier molecular flexibility index (Phi) is 4.94. The summed E-state index contributed by atoms with van der Waals surface area (Å²) in [5.74, 6) is 0. The topological polar surface area (TPSA) is 41.1 Å². The van der Waals surface area contributed by atoms with Crippen molar-refractivity contribution in [2.24, 2.45) is 0 Å². The Labute approximate surface area is 96.5 Å². The number of rotatable bonds is 2. The van der Waals surface area contributed by atoms with Crippen molar-refractivity contribution in [2.75, 3.05) is 19.6 Å². The zero-order valence-corrected chi connectivity index (χ0v) is 9.70. The first-order chi connectivity index (χ1) is 6.84. The zero-order valence-electron chi connectivity index (χ0n) is 8.89. The fourth-order valence-electron chi connectivity index (χ4n) is 1.83. The van der Waals surface area contributed by atoms with E-state index in [4.69, 9.17) is 0 Å². The van der Waals surface area contributed by atoms with Crippen LogP contribution in [0.4, 0.5) is 0 Å². The highest BCUT2D eigenvalue weighted by Crippen LogP contribution is 2.04. The third-order valence-electron chi connectivity index (χ3n) is 2.47. The Morgan fingerprint density at radius 2 is 2.20 bits per heavy atom. The monoisotopic (exact) mass is 228 g/mol. The van der Waals surface area contributed by atoms with E-state index in [1.807, 2.05) is 12.4 Å². The zero-order chi connectivity index (χ0) is 9.80. The van der Waals surface area contributed by atoms with Crippen LogP contribution in [0.25, 0.3) is 0 Å². The Hall–Kier alpha value is -0.710. The second-order valence-electron chi connectivity index (χ2n) is 3.84. The van der Waals surface area contributed by atoms with E-state index in [-0.39, 0.29) is 12.4 Å². The molecular formula is C10H17ClN4. The van der Waals surface area contributed by atoms with E-state index in [1.165, 1.54) is 5.56 Å². The highest BCUT2D eigenvalue weighted by molar-refractivity contribution is 5.85. The number of hydrogen-bond acceptors (Lipinski definition) is 4. The van der Waals surface area contributed by atoms with Gasteiger partial charge in [0.25, 0.3) is 0 Å². The fourth-order valence-corrected chi connectivity index (χ4v) is 1.83. The molecule has 1 N–H and O–H groups in total. The van der Waals surface area contributed by atoms with Gasteiger partial charge in [-0.1, -0.05) is 0 Å². The lowest BCUT2D eigenvalue weighted by Crippen LogP contribution is -2.48. The van der Waals surface area contributed by atoms with Gasteiger partial charge in [-0.05, 0) is 6.92 Å². The molecule has 2 heterocycles. The summed E-state index contributed by atoms with van der Waals surface area (Å²) in [6.07, 6.45) is 5.35. The van der Waals surface area contributed by atoms with E-state index in [2.05, 4.69) is 27.1 Å². The van der Waals surface area contributed by atoms with Crippen LogP contribution in [0.5, 0.6) is 0 Å². The van der Waals surface area contributed by atoms with Crippen molar-refractivity contribution in [2.45, 2.75) is 19.5 Å². The summed E-state index contributed by atoms with van der Waals surface area (Å²) in [7, 11) is 0. The second-order valence-corrected chi connectivity index (χ2v) is 3.84. The first-order valence-corrected chi connectivity index (χ1v) is 5.04. The molecule has 1 aliphatic rings. The molecule has 0 unspecified atom stereocenters. The van der Waals surface area contributed by atoms with Gasteiger partial charge >= 0.3 is 0 Å². The minimum absolute atomic E-state index is 0. The molecule has 0 aliphatic carbocycles. The highest BCUT2D eigenvalue weighted by Gasteiger charge is 2.15. The molecule has 0 aromatic carbocycles. The molecule has 0 spiro atoms. The number of nitrogens with zero attached hydrogens (tertiary/aromatic N) is 3. The quantitative estimate of drug-likeness (QED) is 0.809. The molecule has 1 aliphatic heterocycles. The van der Waals surface area contributed by atoms with Gasteiger partial charge in [0.05, 0.1) is 0 Å². The molecular weight excluding hydrogens is 212 g/mol. The van der Waals surface area contributed by atoms with E-state index in [0.29, 0.717) is 6.04 Å². The summed E-state index contributed by atoms with van der Waals surface area (Å²) in [6.45, 7) is 6.48. The van der Waals surface area contributed by atoms with Crippen molar-refractivity contribution in [3.05, 3.63) is 24.3 Å². The molecule has 1 saturated heterocycles. The molecule has 15 heavy (non-hydrogen) atoms. The molecule has 0 amide bonds. The van der Waals surface area contributed by atoms with Crippen molar-refractivity contribution in [1.29, 1.82) is 0 Å². The van der Waals surface area contributed by atoms with E-state index in [9.17, 15) is 0 Å².